The van der Waals surface area contributed by atoms with Gasteiger partial charge in [-0.1, -0.05) is 26.0 Å². The van der Waals surface area contributed by atoms with Crippen molar-refractivity contribution in [2.45, 2.75) is 33.2 Å². The predicted molar refractivity (Wildman–Crippen MR) is 75.9 cm³/mol. The van der Waals surface area contributed by atoms with Gasteiger partial charge >= 0.3 is 0 Å². The van der Waals surface area contributed by atoms with E-state index in [0.717, 1.165) is 37.0 Å². The van der Waals surface area contributed by atoms with Gasteiger partial charge in [-0.3, -0.25) is 15.0 Å². The van der Waals surface area contributed by atoms with Crippen LogP contribution in [0.2, 0.25) is 0 Å². The van der Waals surface area contributed by atoms with Crippen LogP contribution in [0, 0.1) is 22.0 Å². The number of nitrogens with zero attached hydrogens (tertiary/aromatic N) is 2. The molecule has 1 heterocycles. The zero-order valence-electron chi connectivity index (χ0n) is 11.7. The summed E-state index contributed by atoms with van der Waals surface area (Å²) < 4.78 is 0. The Labute approximate surface area is 114 Å². The van der Waals surface area contributed by atoms with Crippen LogP contribution in [0.1, 0.15) is 32.3 Å². The van der Waals surface area contributed by atoms with Gasteiger partial charge in [0.2, 0.25) is 0 Å². The molecule has 19 heavy (non-hydrogen) atoms. The molecule has 0 spiro atoms. The van der Waals surface area contributed by atoms with Crippen molar-refractivity contribution in [2.75, 3.05) is 13.1 Å². The zero-order valence-corrected chi connectivity index (χ0v) is 11.7. The fourth-order valence-electron chi connectivity index (χ4n) is 2.76. The van der Waals surface area contributed by atoms with Crippen LogP contribution >= 0.6 is 0 Å². The molecule has 4 nitrogen and oxygen atoms in total. The monoisotopic (exact) mass is 262 g/mol. The first-order chi connectivity index (χ1) is 9.06. The van der Waals surface area contributed by atoms with Crippen molar-refractivity contribution in [3.63, 3.8) is 0 Å². The summed E-state index contributed by atoms with van der Waals surface area (Å²) >= 11 is 0. The minimum atomic E-state index is -0.348. The maximum Gasteiger partial charge on any atom is 0.269 e. The number of nitro benzene ring substituents is 1. The number of likely N-dealkylation sites (tertiary alicyclic amines) is 1. The van der Waals surface area contributed by atoms with Crippen LogP contribution in [-0.2, 0) is 6.54 Å². The molecule has 4 heteroatoms. The molecular weight excluding hydrogens is 240 g/mol. The maximum absolute atomic E-state index is 10.6. The number of benzene rings is 1. The van der Waals surface area contributed by atoms with E-state index in [1.807, 2.05) is 12.1 Å². The van der Waals surface area contributed by atoms with Crippen molar-refractivity contribution in [1.82, 2.24) is 4.90 Å². The molecule has 0 unspecified atom stereocenters. The van der Waals surface area contributed by atoms with E-state index in [0.29, 0.717) is 0 Å². The summed E-state index contributed by atoms with van der Waals surface area (Å²) in [6.07, 6.45) is 2.59. The molecule has 1 aromatic carbocycles. The standard InChI is InChI=1S/C15H22N2O2/c1-12(2)14-4-3-9-16(11-14)10-13-5-7-15(8-6-13)17(18)19/h5-8,12,14H,3-4,9-11H2,1-2H3/t14-/m0/s1. The van der Waals surface area contributed by atoms with Crippen LogP contribution in [0.3, 0.4) is 0 Å². The molecule has 1 aromatic rings. The van der Waals surface area contributed by atoms with Gasteiger partial charge in [-0.05, 0) is 36.8 Å². The lowest BCUT2D eigenvalue weighted by Crippen LogP contribution is -2.36. The Morgan fingerprint density at radius 2 is 2.05 bits per heavy atom. The van der Waals surface area contributed by atoms with E-state index in [9.17, 15) is 10.1 Å². The first-order valence-corrected chi connectivity index (χ1v) is 7.02. The maximum atomic E-state index is 10.6. The molecule has 1 fully saturated rings. The molecule has 1 aliphatic rings. The van der Waals surface area contributed by atoms with Gasteiger partial charge in [-0.15, -0.1) is 0 Å². The second-order valence-electron chi connectivity index (χ2n) is 5.80. The molecule has 0 radical (unpaired) electrons. The predicted octanol–water partition coefficient (Wildman–Crippen LogP) is 3.46. The summed E-state index contributed by atoms with van der Waals surface area (Å²) in [6.45, 7) is 7.77. The average Bonchev–Trinajstić information content (AvgIpc) is 2.39. The second-order valence-corrected chi connectivity index (χ2v) is 5.80. The zero-order chi connectivity index (χ0) is 13.8. The lowest BCUT2D eigenvalue weighted by molar-refractivity contribution is -0.384. The van der Waals surface area contributed by atoms with Crippen LogP contribution in [0.5, 0.6) is 0 Å². The number of hydrogen-bond donors (Lipinski definition) is 0. The quantitative estimate of drug-likeness (QED) is 0.616. The van der Waals surface area contributed by atoms with Gasteiger partial charge in [0.25, 0.3) is 5.69 Å². The lowest BCUT2D eigenvalue weighted by Gasteiger charge is -2.34. The molecule has 0 amide bonds. The number of nitro groups is 1. The molecule has 104 valence electrons. The molecule has 0 aromatic heterocycles. The van der Waals surface area contributed by atoms with Gasteiger partial charge in [0.1, 0.15) is 0 Å². The van der Waals surface area contributed by atoms with Gasteiger partial charge in [0.15, 0.2) is 0 Å². The number of rotatable bonds is 4. The molecular formula is C15H22N2O2. The average molecular weight is 262 g/mol. The van der Waals surface area contributed by atoms with Crippen LogP contribution in [0.25, 0.3) is 0 Å². The Bertz CT molecular complexity index is 428. The van der Waals surface area contributed by atoms with Gasteiger partial charge < -0.3 is 0 Å². The lowest BCUT2D eigenvalue weighted by atomic mass is 9.88. The summed E-state index contributed by atoms with van der Waals surface area (Å²) in [5, 5.41) is 10.6. The van der Waals surface area contributed by atoms with E-state index in [1.165, 1.54) is 12.8 Å². The number of non-ortho nitro benzene ring substituents is 1. The van der Waals surface area contributed by atoms with Crippen molar-refractivity contribution < 1.29 is 4.92 Å². The third-order valence-corrected chi connectivity index (χ3v) is 4.04. The fourth-order valence-corrected chi connectivity index (χ4v) is 2.76. The molecule has 0 saturated carbocycles. The number of hydrogen-bond acceptors (Lipinski definition) is 3. The third kappa shape index (κ3) is 3.77. The van der Waals surface area contributed by atoms with Gasteiger partial charge in [0.05, 0.1) is 4.92 Å². The Hall–Kier alpha value is -1.42. The van der Waals surface area contributed by atoms with Crippen LogP contribution < -0.4 is 0 Å². The molecule has 1 aliphatic heterocycles. The smallest absolute Gasteiger partial charge is 0.269 e. The minimum absolute atomic E-state index is 0.169. The van der Waals surface area contributed by atoms with E-state index >= 15 is 0 Å². The van der Waals surface area contributed by atoms with Crippen molar-refractivity contribution in [2.24, 2.45) is 11.8 Å². The fraction of sp³-hybridized carbons (Fsp3) is 0.600. The first-order valence-electron chi connectivity index (χ1n) is 7.02. The Kier molecular flexibility index (Phi) is 4.53. The summed E-state index contributed by atoms with van der Waals surface area (Å²) in [6, 6.07) is 6.94. The topological polar surface area (TPSA) is 46.4 Å². The molecule has 0 aliphatic carbocycles. The third-order valence-electron chi connectivity index (χ3n) is 4.04. The van der Waals surface area contributed by atoms with Gasteiger partial charge in [-0.25, -0.2) is 0 Å². The normalized spacial score (nSPS) is 20.7. The van der Waals surface area contributed by atoms with Crippen LogP contribution in [-0.4, -0.2) is 22.9 Å². The van der Waals surface area contributed by atoms with E-state index in [2.05, 4.69) is 18.7 Å². The largest absolute Gasteiger partial charge is 0.299 e. The van der Waals surface area contributed by atoms with E-state index < -0.39 is 0 Å². The van der Waals surface area contributed by atoms with Crippen LogP contribution in [0.4, 0.5) is 5.69 Å². The Balaban J connectivity index is 1.95. The first kappa shape index (κ1) is 14.0. The highest BCUT2D eigenvalue weighted by Gasteiger charge is 2.22. The molecule has 1 atom stereocenters. The Morgan fingerprint density at radius 3 is 2.63 bits per heavy atom. The number of piperidine rings is 1. The van der Waals surface area contributed by atoms with E-state index in [4.69, 9.17) is 0 Å². The second kappa shape index (κ2) is 6.15. The molecule has 0 bridgehead atoms. The van der Waals surface area contributed by atoms with Crippen molar-refractivity contribution in [3.05, 3.63) is 39.9 Å². The minimum Gasteiger partial charge on any atom is -0.299 e. The molecule has 0 N–H and O–H groups in total. The van der Waals surface area contributed by atoms with Crippen molar-refractivity contribution in [1.29, 1.82) is 0 Å². The highest BCUT2D eigenvalue weighted by atomic mass is 16.6. The van der Waals surface area contributed by atoms with E-state index in [-0.39, 0.29) is 10.6 Å². The van der Waals surface area contributed by atoms with Crippen LogP contribution in [0.15, 0.2) is 24.3 Å². The summed E-state index contributed by atoms with van der Waals surface area (Å²) in [4.78, 5) is 12.7. The summed E-state index contributed by atoms with van der Waals surface area (Å²) in [5.41, 5.74) is 1.33. The van der Waals surface area contributed by atoms with Gasteiger partial charge in [-0.2, -0.15) is 0 Å². The Morgan fingerprint density at radius 1 is 1.37 bits per heavy atom. The van der Waals surface area contributed by atoms with Gasteiger partial charge in [0, 0.05) is 25.2 Å². The van der Waals surface area contributed by atoms with E-state index in [1.54, 1.807) is 12.1 Å². The highest BCUT2D eigenvalue weighted by Crippen LogP contribution is 2.24. The highest BCUT2D eigenvalue weighted by molar-refractivity contribution is 5.32. The SMILES string of the molecule is CC(C)[C@H]1CCCN(Cc2ccc([N+](=O)[O-])cc2)C1. The summed E-state index contributed by atoms with van der Waals surface area (Å²) in [5.74, 6) is 1.52. The van der Waals surface area contributed by atoms with Crippen molar-refractivity contribution in [3.8, 4) is 0 Å². The molecule has 1 saturated heterocycles. The molecule has 2 rings (SSSR count). The van der Waals surface area contributed by atoms with Crippen molar-refractivity contribution >= 4 is 5.69 Å². The summed E-state index contributed by atoms with van der Waals surface area (Å²) in [7, 11) is 0.